The standard InChI is InChI=1S/C27H23BrN4O2/c1-18-13-21(17-33-2)24(14-29)27(31-18)32-30-15-25-23-6-4-3-5-20(23)9-12-26(25)34-16-19-7-10-22(28)11-8-19/h3-13,15H,16-17H2,1-2H3,(H,31,32)/b30-15+. The topological polar surface area (TPSA) is 79.5 Å². The molecule has 0 aliphatic rings. The van der Waals surface area contributed by atoms with E-state index < -0.39 is 0 Å². The van der Waals surface area contributed by atoms with Gasteiger partial charge in [0, 0.05) is 28.4 Å². The second-order valence-electron chi connectivity index (χ2n) is 7.67. The summed E-state index contributed by atoms with van der Waals surface area (Å²) in [6.07, 6.45) is 1.71. The summed E-state index contributed by atoms with van der Waals surface area (Å²) in [4.78, 5) is 4.45. The molecule has 0 atom stereocenters. The number of ether oxygens (including phenoxy) is 2. The van der Waals surface area contributed by atoms with Crippen LogP contribution in [0.2, 0.25) is 0 Å². The normalized spacial score (nSPS) is 11.0. The van der Waals surface area contributed by atoms with Crippen molar-refractivity contribution in [3.63, 3.8) is 0 Å². The molecule has 3 aromatic carbocycles. The van der Waals surface area contributed by atoms with E-state index in [9.17, 15) is 5.26 Å². The van der Waals surface area contributed by atoms with Crippen LogP contribution in [0.4, 0.5) is 5.82 Å². The summed E-state index contributed by atoms with van der Waals surface area (Å²) in [6, 6.07) is 24.1. The summed E-state index contributed by atoms with van der Waals surface area (Å²) in [6.45, 7) is 2.62. The minimum absolute atomic E-state index is 0.321. The lowest BCUT2D eigenvalue weighted by Gasteiger charge is -2.12. The molecule has 170 valence electrons. The predicted octanol–water partition coefficient (Wildman–Crippen LogP) is 6.35. The minimum atomic E-state index is 0.321. The van der Waals surface area contributed by atoms with Crippen LogP contribution in [0.25, 0.3) is 10.8 Å². The highest BCUT2D eigenvalue weighted by Gasteiger charge is 2.12. The van der Waals surface area contributed by atoms with Gasteiger partial charge >= 0.3 is 0 Å². The van der Waals surface area contributed by atoms with Gasteiger partial charge in [-0.1, -0.05) is 58.4 Å². The molecule has 4 aromatic rings. The van der Waals surface area contributed by atoms with Crippen LogP contribution in [0.5, 0.6) is 5.75 Å². The third-order valence-corrected chi connectivity index (χ3v) is 5.77. The number of aromatic nitrogens is 1. The number of rotatable bonds is 8. The van der Waals surface area contributed by atoms with Crippen LogP contribution in [0.15, 0.2) is 76.3 Å². The summed E-state index contributed by atoms with van der Waals surface area (Å²) >= 11 is 3.46. The maximum Gasteiger partial charge on any atom is 0.164 e. The highest BCUT2D eigenvalue weighted by Crippen LogP contribution is 2.28. The van der Waals surface area contributed by atoms with E-state index in [-0.39, 0.29) is 0 Å². The van der Waals surface area contributed by atoms with Gasteiger partial charge in [0.05, 0.1) is 12.8 Å². The van der Waals surface area contributed by atoms with E-state index >= 15 is 0 Å². The number of benzene rings is 3. The average molecular weight is 515 g/mol. The first-order valence-corrected chi connectivity index (χ1v) is 11.5. The van der Waals surface area contributed by atoms with E-state index in [1.54, 1.807) is 13.3 Å². The van der Waals surface area contributed by atoms with E-state index in [4.69, 9.17) is 9.47 Å². The molecule has 1 heterocycles. The molecular formula is C27H23BrN4O2. The first-order chi connectivity index (χ1) is 16.6. The second kappa shape index (κ2) is 10.9. The third kappa shape index (κ3) is 5.42. The summed E-state index contributed by atoms with van der Waals surface area (Å²) in [5.41, 5.74) is 6.79. The van der Waals surface area contributed by atoms with E-state index in [1.165, 1.54) is 0 Å². The lowest BCUT2D eigenvalue weighted by molar-refractivity contribution is 0.184. The van der Waals surface area contributed by atoms with Gasteiger partial charge in [-0.3, -0.25) is 5.43 Å². The number of anilines is 1. The number of methoxy groups -OCH3 is 1. The SMILES string of the molecule is COCc1cc(C)nc(N/N=C/c2c(OCc3ccc(Br)cc3)ccc3ccccc23)c1C#N. The molecule has 0 radical (unpaired) electrons. The zero-order chi connectivity index (χ0) is 23.9. The van der Waals surface area contributed by atoms with E-state index in [0.29, 0.717) is 30.3 Å². The number of fused-ring (bicyclic) bond motifs is 1. The highest BCUT2D eigenvalue weighted by atomic mass is 79.9. The molecule has 0 amide bonds. The number of pyridine rings is 1. The lowest BCUT2D eigenvalue weighted by atomic mass is 10.0. The molecule has 0 spiro atoms. The minimum Gasteiger partial charge on any atom is -0.488 e. The molecule has 7 heteroatoms. The summed E-state index contributed by atoms with van der Waals surface area (Å²) < 4.78 is 12.4. The zero-order valence-electron chi connectivity index (χ0n) is 18.9. The van der Waals surface area contributed by atoms with Gasteiger partial charge in [0.15, 0.2) is 5.82 Å². The van der Waals surface area contributed by atoms with Crippen LogP contribution in [-0.4, -0.2) is 18.3 Å². The number of nitriles is 1. The number of nitrogens with zero attached hydrogens (tertiary/aromatic N) is 3. The Kier molecular flexibility index (Phi) is 7.53. The summed E-state index contributed by atoms with van der Waals surface area (Å²) in [5, 5.41) is 16.2. The van der Waals surface area contributed by atoms with Crippen molar-refractivity contribution in [2.45, 2.75) is 20.1 Å². The van der Waals surface area contributed by atoms with Gasteiger partial charge in [-0.25, -0.2) is 4.98 Å². The Hall–Kier alpha value is -3.73. The van der Waals surface area contributed by atoms with Crippen LogP contribution in [0.1, 0.15) is 27.9 Å². The maximum absolute atomic E-state index is 9.65. The molecule has 1 aromatic heterocycles. The predicted molar refractivity (Wildman–Crippen MR) is 138 cm³/mol. The molecule has 4 rings (SSSR count). The Morgan fingerprint density at radius 2 is 1.88 bits per heavy atom. The number of hydrogen-bond acceptors (Lipinski definition) is 6. The van der Waals surface area contributed by atoms with Crippen LogP contribution in [-0.2, 0) is 18.0 Å². The number of aryl methyl sites for hydroxylation is 1. The number of nitrogens with one attached hydrogen (secondary N) is 1. The Labute approximate surface area is 207 Å². The van der Waals surface area contributed by atoms with Gasteiger partial charge in [0.2, 0.25) is 0 Å². The molecule has 0 aliphatic carbocycles. The molecular weight excluding hydrogens is 492 g/mol. The van der Waals surface area contributed by atoms with Crippen molar-refractivity contribution in [2.24, 2.45) is 5.10 Å². The Morgan fingerprint density at radius 3 is 2.65 bits per heavy atom. The Morgan fingerprint density at radius 1 is 1.09 bits per heavy atom. The largest absolute Gasteiger partial charge is 0.488 e. The molecule has 34 heavy (non-hydrogen) atoms. The van der Waals surface area contributed by atoms with Crippen LogP contribution in [0.3, 0.4) is 0 Å². The molecule has 0 saturated heterocycles. The molecule has 1 N–H and O–H groups in total. The van der Waals surface area contributed by atoms with Gasteiger partial charge in [-0.05, 0) is 47.5 Å². The van der Waals surface area contributed by atoms with Gasteiger partial charge < -0.3 is 9.47 Å². The summed E-state index contributed by atoms with van der Waals surface area (Å²) in [5.74, 6) is 1.10. The van der Waals surface area contributed by atoms with E-state index in [1.807, 2.05) is 73.7 Å². The summed E-state index contributed by atoms with van der Waals surface area (Å²) in [7, 11) is 1.60. The molecule has 0 fully saturated rings. The fourth-order valence-electron chi connectivity index (χ4n) is 3.65. The van der Waals surface area contributed by atoms with E-state index in [0.717, 1.165) is 37.6 Å². The Bertz CT molecular complexity index is 1380. The monoisotopic (exact) mass is 514 g/mol. The van der Waals surface area contributed by atoms with Crippen LogP contribution in [0, 0.1) is 18.3 Å². The van der Waals surface area contributed by atoms with Crippen molar-refractivity contribution in [1.29, 1.82) is 5.26 Å². The quantitative estimate of drug-likeness (QED) is 0.219. The number of hydrogen-bond donors (Lipinski definition) is 1. The van der Waals surface area contributed by atoms with Gasteiger partial charge in [0.1, 0.15) is 24.0 Å². The molecule has 0 saturated carbocycles. The van der Waals surface area contributed by atoms with Crippen molar-refractivity contribution >= 4 is 38.7 Å². The zero-order valence-corrected chi connectivity index (χ0v) is 20.5. The van der Waals surface area contributed by atoms with Gasteiger partial charge in [-0.2, -0.15) is 10.4 Å². The number of halogens is 1. The van der Waals surface area contributed by atoms with Gasteiger partial charge in [-0.15, -0.1) is 0 Å². The van der Waals surface area contributed by atoms with Crippen LogP contribution >= 0.6 is 15.9 Å². The van der Waals surface area contributed by atoms with Crippen molar-refractivity contribution in [1.82, 2.24) is 4.98 Å². The van der Waals surface area contributed by atoms with Crippen molar-refractivity contribution in [2.75, 3.05) is 12.5 Å². The Balaban J connectivity index is 1.65. The lowest BCUT2D eigenvalue weighted by Crippen LogP contribution is -2.04. The maximum atomic E-state index is 9.65. The van der Waals surface area contributed by atoms with Crippen molar-refractivity contribution < 1.29 is 9.47 Å². The third-order valence-electron chi connectivity index (χ3n) is 5.24. The van der Waals surface area contributed by atoms with Gasteiger partial charge in [0.25, 0.3) is 0 Å². The van der Waals surface area contributed by atoms with Crippen molar-refractivity contribution in [3.8, 4) is 11.8 Å². The first-order valence-electron chi connectivity index (χ1n) is 10.7. The smallest absolute Gasteiger partial charge is 0.164 e. The first kappa shape index (κ1) is 23.4. The average Bonchev–Trinajstić information content (AvgIpc) is 2.84. The van der Waals surface area contributed by atoms with Crippen LogP contribution < -0.4 is 10.2 Å². The number of hydrazone groups is 1. The fraction of sp³-hybridized carbons (Fsp3) is 0.148. The molecule has 0 unspecified atom stereocenters. The highest BCUT2D eigenvalue weighted by molar-refractivity contribution is 9.10. The van der Waals surface area contributed by atoms with E-state index in [2.05, 4.69) is 37.5 Å². The molecule has 6 nitrogen and oxygen atoms in total. The molecule has 0 aliphatic heterocycles. The van der Waals surface area contributed by atoms with Crippen molar-refractivity contribution in [3.05, 3.63) is 99.2 Å². The molecule has 0 bridgehead atoms. The second-order valence-corrected chi connectivity index (χ2v) is 8.59. The fourth-order valence-corrected chi connectivity index (χ4v) is 3.91.